The highest BCUT2D eigenvalue weighted by Gasteiger charge is 2.38. The predicted octanol–water partition coefficient (Wildman–Crippen LogP) is 2.76. The van der Waals surface area contributed by atoms with Crippen LogP contribution in [0.25, 0.3) is 0 Å². The molecule has 0 saturated carbocycles. The van der Waals surface area contributed by atoms with Gasteiger partial charge in [0.2, 0.25) is 0 Å². The second-order valence-electron chi connectivity index (χ2n) is 8.26. The molecule has 2 aliphatic rings. The Morgan fingerprint density at radius 3 is 2.40 bits per heavy atom. The molecule has 0 unspecified atom stereocenters. The molecular weight excluding hydrogens is 248 g/mol. The van der Waals surface area contributed by atoms with E-state index in [1.165, 1.54) is 38.9 Å². The summed E-state index contributed by atoms with van der Waals surface area (Å²) in [6.07, 6.45) is 3.78. The van der Waals surface area contributed by atoms with E-state index in [9.17, 15) is 0 Å². The topological polar surface area (TPSA) is 24.5 Å². The molecule has 0 aliphatic carbocycles. The zero-order valence-electron chi connectivity index (χ0n) is 14.0. The maximum atomic E-state index is 5.61. The van der Waals surface area contributed by atoms with Gasteiger partial charge in [0, 0.05) is 32.8 Å². The van der Waals surface area contributed by atoms with Crippen LogP contribution in [0.1, 0.15) is 47.0 Å². The standard InChI is InChI=1S/C17H34N2O/c1-15(2)11-18-12-17(6-9-20-10-7-17)14-19-8-5-16(3,4)13-19/h15,18H,5-14H2,1-4H3. The van der Waals surface area contributed by atoms with Crippen LogP contribution in [0.15, 0.2) is 0 Å². The van der Waals surface area contributed by atoms with Gasteiger partial charge in [-0.3, -0.25) is 0 Å². The van der Waals surface area contributed by atoms with Gasteiger partial charge >= 0.3 is 0 Å². The zero-order chi connectivity index (χ0) is 14.6. The molecule has 3 nitrogen and oxygen atoms in total. The summed E-state index contributed by atoms with van der Waals surface area (Å²) in [5.74, 6) is 0.734. The summed E-state index contributed by atoms with van der Waals surface area (Å²) < 4.78 is 5.61. The van der Waals surface area contributed by atoms with Crippen molar-refractivity contribution in [1.82, 2.24) is 10.2 Å². The van der Waals surface area contributed by atoms with E-state index in [0.29, 0.717) is 10.8 Å². The van der Waals surface area contributed by atoms with E-state index in [1.54, 1.807) is 0 Å². The maximum absolute atomic E-state index is 5.61. The van der Waals surface area contributed by atoms with Crippen molar-refractivity contribution in [3.8, 4) is 0 Å². The molecule has 2 saturated heterocycles. The molecule has 118 valence electrons. The monoisotopic (exact) mass is 282 g/mol. The molecule has 2 fully saturated rings. The molecule has 2 aliphatic heterocycles. The van der Waals surface area contributed by atoms with E-state index < -0.39 is 0 Å². The van der Waals surface area contributed by atoms with Crippen molar-refractivity contribution < 1.29 is 4.74 Å². The summed E-state index contributed by atoms with van der Waals surface area (Å²) in [5.41, 5.74) is 0.950. The fourth-order valence-electron chi connectivity index (χ4n) is 3.65. The zero-order valence-corrected chi connectivity index (χ0v) is 14.0. The lowest BCUT2D eigenvalue weighted by Crippen LogP contribution is -2.47. The molecule has 0 atom stereocenters. The third kappa shape index (κ3) is 4.71. The second-order valence-corrected chi connectivity index (χ2v) is 8.26. The number of hydrogen-bond acceptors (Lipinski definition) is 3. The quantitative estimate of drug-likeness (QED) is 0.811. The van der Waals surface area contributed by atoms with Gasteiger partial charge in [-0.15, -0.1) is 0 Å². The second kappa shape index (κ2) is 6.76. The van der Waals surface area contributed by atoms with E-state index in [2.05, 4.69) is 37.9 Å². The minimum atomic E-state index is 0.438. The van der Waals surface area contributed by atoms with Gasteiger partial charge in [-0.2, -0.15) is 0 Å². The van der Waals surface area contributed by atoms with Crippen molar-refractivity contribution in [3.63, 3.8) is 0 Å². The van der Waals surface area contributed by atoms with Crippen LogP contribution in [0, 0.1) is 16.7 Å². The average molecular weight is 282 g/mol. The SMILES string of the molecule is CC(C)CNCC1(CN2CCC(C)(C)C2)CCOCC1. The minimum absolute atomic E-state index is 0.438. The Bertz CT molecular complexity index is 295. The molecule has 1 N–H and O–H groups in total. The molecule has 0 amide bonds. The first-order valence-corrected chi connectivity index (χ1v) is 8.42. The predicted molar refractivity (Wildman–Crippen MR) is 85.0 cm³/mol. The van der Waals surface area contributed by atoms with Gasteiger partial charge in [0.25, 0.3) is 0 Å². The molecule has 20 heavy (non-hydrogen) atoms. The van der Waals surface area contributed by atoms with Crippen LogP contribution >= 0.6 is 0 Å². The fraction of sp³-hybridized carbons (Fsp3) is 1.00. The van der Waals surface area contributed by atoms with Gasteiger partial charge in [0.05, 0.1) is 0 Å². The van der Waals surface area contributed by atoms with Gasteiger partial charge in [-0.1, -0.05) is 27.7 Å². The van der Waals surface area contributed by atoms with Crippen LogP contribution < -0.4 is 5.32 Å². The molecule has 0 aromatic carbocycles. The van der Waals surface area contributed by atoms with Gasteiger partial charge in [0.1, 0.15) is 0 Å². The van der Waals surface area contributed by atoms with E-state index in [1.807, 2.05) is 0 Å². The van der Waals surface area contributed by atoms with Crippen molar-refractivity contribution in [1.29, 1.82) is 0 Å². The van der Waals surface area contributed by atoms with Crippen molar-refractivity contribution in [2.24, 2.45) is 16.7 Å². The number of likely N-dealkylation sites (tertiary alicyclic amines) is 1. The van der Waals surface area contributed by atoms with Crippen LogP contribution in [-0.2, 0) is 4.74 Å². The van der Waals surface area contributed by atoms with Crippen molar-refractivity contribution in [2.45, 2.75) is 47.0 Å². The van der Waals surface area contributed by atoms with Crippen LogP contribution in [0.2, 0.25) is 0 Å². The summed E-state index contributed by atoms with van der Waals surface area (Å²) in [6.45, 7) is 17.4. The molecule has 0 aromatic heterocycles. The van der Waals surface area contributed by atoms with Crippen molar-refractivity contribution >= 4 is 0 Å². The number of ether oxygens (including phenoxy) is 1. The van der Waals surface area contributed by atoms with Crippen molar-refractivity contribution in [3.05, 3.63) is 0 Å². The number of nitrogens with one attached hydrogen (secondary N) is 1. The highest BCUT2D eigenvalue weighted by atomic mass is 16.5. The molecule has 0 bridgehead atoms. The first kappa shape index (κ1) is 16.3. The van der Waals surface area contributed by atoms with Gasteiger partial charge in [0.15, 0.2) is 0 Å². The number of hydrogen-bond donors (Lipinski definition) is 1. The normalized spacial score (nSPS) is 26.2. The fourth-order valence-corrected chi connectivity index (χ4v) is 3.65. The molecule has 2 rings (SSSR count). The molecule has 3 heteroatoms. The molecule has 2 heterocycles. The minimum Gasteiger partial charge on any atom is -0.381 e. The third-order valence-corrected chi connectivity index (χ3v) is 4.92. The Morgan fingerprint density at radius 2 is 1.85 bits per heavy atom. The van der Waals surface area contributed by atoms with Crippen LogP contribution in [0.3, 0.4) is 0 Å². The van der Waals surface area contributed by atoms with E-state index in [4.69, 9.17) is 4.74 Å². The van der Waals surface area contributed by atoms with Crippen molar-refractivity contribution in [2.75, 3.05) is 45.9 Å². The van der Waals surface area contributed by atoms with Gasteiger partial charge < -0.3 is 15.0 Å². The summed E-state index contributed by atoms with van der Waals surface area (Å²) in [4.78, 5) is 2.70. The van der Waals surface area contributed by atoms with E-state index in [0.717, 1.165) is 32.2 Å². The lowest BCUT2D eigenvalue weighted by atomic mass is 9.79. The van der Waals surface area contributed by atoms with E-state index in [-0.39, 0.29) is 0 Å². The van der Waals surface area contributed by atoms with Crippen LogP contribution in [-0.4, -0.2) is 50.8 Å². The number of rotatable bonds is 6. The largest absolute Gasteiger partial charge is 0.381 e. The van der Waals surface area contributed by atoms with Crippen LogP contribution in [0.4, 0.5) is 0 Å². The van der Waals surface area contributed by atoms with Crippen LogP contribution in [0.5, 0.6) is 0 Å². The smallest absolute Gasteiger partial charge is 0.0472 e. The Kier molecular flexibility index (Phi) is 5.49. The highest BCUT2D eigenvalue weighted by Crippen LogP contribution is 2.35. The van der Waals surface area contributed by atoms with E-state index >= 15 is 0 Å². The maximum Gasteiger partial charge on any atom is 0.0472 e. The lowest BCUT2D eigenvalue weighted by Gasteiger charge is -2.40. The van der Waals surface area contributed by atoms with Gasteiger partial charge in [-0.05, 0) is 49.1 Å². The summed E-state index contributed by atoms with van der Waals surface area (Å²) >= 11 is 0. The molecule has 0 spiro atoms. The van der Waals surface area contributed by atoms with Gasteiger partial charge in [-0.25, -0.2) is 0 Å². The first-order valence-electron chi connectivity index (χ1n) is 8.42. The first-order chi connectivity index (χ1) is 9.41. The Morgan fingerprint density at radius 1 is 1.15 bits per heavy atom. The summed E-state index contributed by atoms with van der Waals surface area (Å²) in [5, 5.41) is 3.71. The Balaban J connectivity index is 1.89. The lowest BCUT2D eigenvalue weighted by molar-refractivity contribution is -0.00230. The average Bonchev–Trinajstić information content (AvgIpc) is 2.69. The number of nitrogens with zero attached hydrogens (tertiary/aromatic N) is 1. The Hall–Kier alpha value is -0.120. The summed E-state index contributed by atoms with van der Waals surface area (Å²) in [7, 11) is 0. The highest BCUT2D eigenvalue weighted by molar-refractivity contribution is 4.91. The third-order valence-electron chi connectivity index (χ3n) is 4.92. The Labute approximate surface area is 125 Å². The summed E-state index contributed by atoms with van der Waals surface area (Å²) in [6, 6.07) is 0. The molecular formula is C17H34N2O. The molecule has 0 aromatic rings. The molecule has 0 radical (unpaired) electrons.